The Bertz CT molecular complexity index is 968. The maximum Gasteiger partial charge on any atom is 0.280 e. The van der Waals surface area contributed by atoms with Crippen molar-refractivity contribution in [3.8, 4) is 5.75 Å². The molecular weight excluding hydrogens is 338 g/mol. The van der Waals surface area contributed by atoms with Crippen LogP contribution in [0.15, 0.2) is 36.4 Å². The molecule has 26 heavy (non-hydrogen) atoms. The van der Waals surface area contributed by atoms with Gasteiger partial charge in [0.2, 0.25) is 11.4 Å². The number of nitrogens with zero attached hydrogens (tertiary/aromatic N) is 1. The summed E-state index contributed by atoms with van der Waals surface area (Å²) in [6, 6.07) is 9.39. The van der Waals surface area contributed by atoms with E-state index < -0.39 is 22.1 Å². The average molecular weight is 355 g/mol. The lowest BCUT2D eigenvalue weighted by Crippen LogP contribution is -2.50. The van der Waals surface area contributed by atoms with E-state index in [-0.39, 0.29) is 28.3 Å². The molecule has 2 aromatic carbocycles. The average Bonchev–Trinajstić information content (AvgIpc) is 2.99. The lowest BCUT2D eigenvalue weighted by molar-refractivity contribution is -0.385. The maximum absolute atomic E-state index is 13.2. The van der Waals surface area contributed by atoms with Gasteiger partial charge in [0.15, 0.2) is 0 Å². The molecule has 1 heterocycles. The molecule has 0 saturated heterocycles. The van der Waals surface area contributed by atoms with Crippen LogP contribution in [-0.2, 0) is 16.1 Å². The largest absolute Gasteiger partial charge is 0.453 e. The summed E-state index contributed by atoms with van der Waals surface area (Å²) in [6.45, 7) is 4.03. The molecule has 0 amide bonds. The number of carbonyl (C=O) groups excluding carboxylic acids is 1. The van der Waals surface area contributed by atoms with Crippen molar-refractivity contribution in [2.24, 2.45) is 0 Å². The molecule has 7 heteroatoms. The molecule has 2 aromatic rings. The van der Waals surface area contributed by atoms with Crippen LogP contribution in [0.1, 0.15) is 46.8 Å². The third-order valence-electron chi connectivity index (χ3n) is 5.23. The van der Waals surface area contributed by atoms with E-state index in [1.54, 1.807) is 18.2 Å². The molecule has 0 aromatic heterocycles. The van der Waals surface area contributed by atoms with E-state index in [1.807, 2.05) is 13.8 Å². The van der Waals surface area contributed by atoms with Crippen molar-refractivity contribution in [2.45, 2.75) is 31.2 Å². The highest BCUT2D eigenvalue weighted by atomic mass is 16.7. The fourth-order valence-electron chi connectivity index (χ4n) is 3.89. The van der Waals surface area contributed by atoms with Gasteiger partial charge in [0.05, 0.1) is 4.92 Å². The van der Waals surface area contributed by atoms with Crippen LogP contribution in [0.5, 0.6) is 5.75 Å². The van der Waals surface area contributed by atoms with Crippen LogP contribution in [0.4, 0.5) is 5.69 Å². The zero-order valence-corrected chi connectivity index (χ0v) is 14.5. The first kappa shape index (κ1) is 16.7. The van der Waals surface area contributed by atoms with Crippen molar-refractivity contribution in [2.75, 3.05) is 7.11 Å². The minimum Gasteiger partial charge on any atom is -0.453 e. The fraction of sp³-hybridized carbons (Fsp3) is 0.316. The van der Waals surface area contributed by atoms with Crippen molar-refractivity contribution in [1.29, 1.82) is 0 Å². The van der Waals surface area contributed by atoms with Gasteiger partial charge in [-0.05, 0) is 17.5 Å². The SMILES string of the molecule is COC12Oc3cc(C(C)C)ccc3C1(O)C(=O)c1c([N+](=O)[O-])cccc12. The monoisotopic (exact) mass is 355 g/mol. The van der Waals surface area contributed by atoms with Gasteiger partial charge in [0.25, 0.3) is 11.5 Å². The van der Waals surface area contributed by atoms with E-state index in [2.05, 4.69) is 0 Å². The number of ether oxygens (including phenoxy) is 2. The number of Topliss-reactive ketones (excluding diaryl/α,β-unsaturated/α-hetero) is 1. The number of hydrogen-bond donors (Lipinski definition) is 1. The first-order valence-electron chi connectivity index (χ1n) is 8.21. The van der Waals surface area contributed by atoms with Gasteiger partial charge < -0.3 is 14.6 Å². The molecule has 0 bridgehead atoms. The molecule has 1 aliphatic carbocycles. The van der Waals surface area contributed by atoms with Gasteiger partial charge in [-0.1, -0.05) is 38.1 Å². The van der Waals surface area contributed by atoms with Gasteiger partial charge in [-0.3, -0.25) is 14.9 Å². The molecule has 0 fully saturated rings. The number of nitro benzene ring substituents is 1. The minimum atomic E-state index is -2.18. The fourth-order valence-corrected chi connectivity index (χ4v) is 3.89. The maximum atomic E-state index is 13.2. The topological polar surface area (TPSA) is 98.9 Å². The second-order valence-electron chi connectivity index (χ2n) is 6.83. The van der Waals surface area contributed by atoms with Gasteiger partial charge >= 0.3 is 0 Å². The summed E-state index contributed by atoms with van der Waals surface area (Å²) in [4.78, 5) is 23.9. The number of benzene rings is 2. The van der Waals surface area contributed by atoms with Crippen molar-refractivity contribution in [3.05, 3.63) is 68.8 Å². The van der Waals surface area contributed by atoms with Crippen LogP contribution in [0.2, 0.25) is 0 Å². The van der Waals surface area contributed by atoms with Gasteiger partial charge in [0.1, 0.15) is 11.3 Å². The molecule has 0 radical (unpaired) electrons. The van der Waals surface area contributed by atoms with E-state index in [4.69, 9.17) is 9.47 Å². The van der Waals surface area contributed by atoms with E-state index in [0.29, 0.717) is 5.75 Å². The number of rotatable bonds is 3. The molecule has 4 rings (SSSR count). The summed E-state index contributed by atoms with van der Waals surface area (Å²) in [5.41, 5.74) is -1.36. The van der Waals surface area contributed by atoms with Gasteiger partial charge in [-0.25, -0.2) is 0 Å². The molecule has 2 aliphatic rings. The third-order valence-corrected chi connectivity index (χ3v) is 5.23. The summed E-state index contributed by atoms with van der Waals surface area (Å²) in [6.07, 6.45) is 0. The van der Waals surface area contributed by atoms with Gasteiger partial charge in [-0.2, -0.15) is 0 Å². The smallest absolute Gasteiger partial charge is 0.280 e. The normalized spacial score (nSPS) is 25.7. The standard InChI is InChI=1S/C19H17NO6/c1-10(2)11-7-8-12-15(9-11)26-19(25-3)13-5-4-6-14(20(23)24)16(13)17(21)18(12,19)22/h4-10,22H,1-3H3. The lowest BCUT2D eigenvalue weighted by Gasteiger charge is -2.32. The Morgan fingerprint density at radius 1 is 1.23 bits per heavy atom. The number of nitro groups is 1. The van der Waals surface area contributed by atoms with Crippen LogP contribution in [0, 0.1) is 10.1 Å². The predicted octanol–water partition coefficient (Wildman–Crippen LogP) is 2.99. The Morgan fingerprint density at radius 3 is 2.58 bits per heavy atom. The summed E-state index contributed by atoms with van der Waals surface area (Å²) >= 11 is 0. The zero-order valence-electron chi connectivity index (χ0n) is 14.5. The van der Waals surface area contributed by atoms with Crippen LogP contribution in [0.3, 0.4) is 0 Å². The van der Waals surface area contributed by atoms with E-state index in [9.17, 15) is 20.0 Å². The number of carbonyl (C=O) groups is 1. The number of ketones is 1. The highest BCUT2D eigenvalue weighted by Crippen LogP contribution is 2.61. The molecule has 2 unspecified atom stereocenters. The Labute approximate surface area is 149 Å². The van der Waals surface area contributed by atoms with Crippen molar-refractivity contribution in [3.63, 3.8) is 0 Å². The van der Waals surface area contributed by atoms with E-state index >= 15 is 0 Å². The van der Waals surface area contributed by atoms with Crippen LogP contribution >= 0.6 is 0 Å². The molecule has 2 atom stereocenters. The van der Waals surface area contributed by atoms with Crippen molar-refractivity contribution in [1.82, 2.24) is 0 Å². The summed E-state index contributed by atoms with van der Waals surface area (Å²) in [5.74, 6) is -2.08. The third kappa shape index (κ3) is 1.71. The summed E-state index contributed by atoms with van der Waals surface area (Å²) in [5, 5.41) is 22.8. The first-order chi connectivity index (χ1) is 12.3. The van der Waals surface area contributed by atoms with E-state index in [1.165, 1.54) is 25.3 Å². The Balaban J connectivity index is 2.01. The number of methoxy groups -OCH3 is 1. The highest BCUT2D eigenvalue weighted by Gasteiger charge is 2.73. The number of hydrogen-bond acceptors (Lipinski definition) is 6. The van der Waals surface area contributed by atoms with Crippen LogP contribution < -0.4 is 4.74 Å². The highest BCUT2D eigenvalue weighted by molar-refractivity contribution is 6.12. The van der Waals surface area contributed by atoms with Crippen molar-refractivity contribution < 1.29 is 24.3 Å². The lowest BCUT2D eigenvalue weighted by atomic mass is 9.86. The van der Waals surface area contributed by atoms with E-state index in [0.717, 1.165) is 5.56 Å². The molecule has 7 nitrogen and oxygen atoms in total. The summed E-state index contributed by atoms with van der Waals surface area (Å²) in [7, 11) is 1.31. The molecule has 1 N–H and O–H groups in total. The van der Waals surface area contributed by atoms with Crippen LogP contribution in [0.25, 0.3) is 0 Å². The molecule has 0 spiro atoms. The second-order valence-corrected chi connectivity index (χ2v) is 6.83. The number of aliphatic hydroxyl groups is 1. The number of fused-ring (bicyclic) bond motifs is 5. The molecule has 134 valence electrons. The Morgan fingerprint density at radius 2 is 1.96 bits per heavy atom. The van der Waals surface area contributed by atoms with Gasteiger partial charge in [0, 0.05) is 24.3 Å². The minimum absolute atomic E-state index is 0.156. The van der Waals surface area contributed by atoms with Crippen LogP contribution in [-0.4, -0.2) is 22.9 Å². The molecular formula is C19H17NO6. The predicted molar refractivity (Wildman–Crippen MR) is 91.2 cm³/mol. The Hall–Kier alpha value is -2.77. The summed E-state index contributed by atoms with van der Waals surface area (Å²) < 4.78 is 11.5. The quantitative estimate of drug-likeness (QED) is 0.671. The van der Waals surface area contributed by atoms with Crippen molar-refractivity contribution >= 4 is 11.5 Å². The molecule has 1 aliphatic heterocycles. The first-order valence-corrected chi connectivity index (χ1v) is 8.21. The van der Waals surface area contributed by atoms with Gasteiger partial charge in [-0.15, -0.1) is 0 Å². The zero-order chi connectivity index (χ0) is 18.9. The second kappa shape index (κ2) is 5.12. The Kier molecular flexibility index (Phi) is 3.29. The molecule has 0 saturated carbocycles.